The van der Waals surface area contributed by atoms with E-state index in [2.05, 4.69) is 10.0 Å². The molecule has 1 aromatic carbocycles. The van der Waals surface area contributed by atoms with Gasteiger partial charge in [0.15, 0.2) is 5.78 Å². The van der Waals surface area contributed by atoms with Crippen molar-refractivity contribution in [1.82, 2.24) is 4.90 Å². The molecule has 1 aliphatic rings. The summed E-state index contributed by atoms with van der Waals surface area (Å²) in [6.45, 7) is 1.81. The lowest BCUT2D eigenvalue weighted by atomic mass is 10.0. The molecule has 1 heterocycles. The van der Waals surface area contributed by atoms with E-state index < -0.39 is 6.04 Å². The number of ketones is 2. The maximum Gasteiger partial charge on any atom is 0.254 e. The van der Waals surface area contributed by atoms with Crippen molar-refractivity contribution in [2.45, 2.75) is 32.2 Å². The number of hydrogen-bond donors (Lipinski definition) is 0. The van der Waals surface area contributed by atoms with Crippen LogP contribution in [0.3, 0.4) is 0 Å². The molecule has 7 heteroatoms. The zero-order valence-corrected chi connectivity index (χ0v) is 12.2. The van der Waals surface area contributed by atoms with Crippen LogP contribution in [-0.2, 0) is 9.59 Å². The fourth-order valence-corrected chi connectivity index (χ4v) is 2.65. The van der Waals surface area contributed by atoms with Crippen LogP contribution in [0.2, 0.25) is 0 Å². The number of carbonyl (C=O) groups is 3. The molecule has 1 saturated heterocycles. The Labute approximate surface area is 127 Å². The van der Waals surface area contributed by atoms with Crippen LogP contribution in [-0.4, -0.2) is 35.0 Å². The Morgan fingerprint density at radius 3 is 2.77 bits per heavy atom. The van der Waals surface area contributed by atoms with Crippen LogP contribution in [0.15, 0.2) is 29.4 Å². The van der Waals surface area contributed by atoms with Crippen LogP contribution in [0.1, 0.15) is 36.5 Å². The van der Waals surface area contributed by atoms with Gasteiger partial charge in [0.05, 0.1) is 18.2 Å². The molecule has 0 aliphatic carbocycles. The van der Waals surface area contributed by atoms with Crippen LogP contribution in [0.25, 0.3) is 10.4 Å². The second-order valence-electron chi connectivity index (χ2n) is 5.21. The standard InChI is InChI=1S/C15H16N4O3/c1-10(20)9-14(21)13-7-4-8-19(13)15(22)11-5-2-3-6-12(11)17-18-16/h2-3,5-6,13H,4,7-9H2,1H3. The van der Waals surface area contributed by atoms with Gasteiger partial charge in [0, 0.05) is 17.0 Å². The van der Waals surface area contributed by atoms with Crippen molar-refractivity contribution < 1.29 is 14.4 Å². The van der Waals surface area contributed by atoms with E-state index in [1.54, 1.807) is 24.3 Å². The van der Waals surface area contributed by atoms with Crippen LogP contribution in [0.4, 0.5) is 5.69 Å². The molecule has 1 aliphatic heterocycles. The average Bonchev–Trinajstić information content (AvgIpc) is 2.96. The first-order chi connectivity index (χ1) is 10.5. The van der Waals surface area contributed by atoms with Gasteiger partial charge in [-0.3, -0.25) is 14.4 Å². The highest BCUT2D eigenvalue weighted by Gasteiger charge is 2.35. The summed E-state index contributed by atoms with van der Waals surface area (Å²) in [4.78, 5) is 40.1. The zero-order valence-electron chi connectivity index (χ0n) is 12.2. The molecule has 0 bridgehead atoms. The Bertz CT molecular complexity index is 665. The summed E-state index contributed by atoms with van der Waals surface area (Å²) in [6.07, 6.45) is 1.11. The Hall–Kier alpha value is -2.66. The van der Waals surface area contributed by atoms with E-state index in [0.29, 0.717) is 19.4 Å². The van der Waals surface area contributed by atoms with E-state index in [9.17, 15) is 14.4 Å². The molecule has 22 heavy (non-hydrogen) atoms. The summed E-state index contributed by atoms with van der Waals surface area (Å²) in [5.74, 6) is -0.791. The number of rotatable bonds is 5. The van der Waals surface area contributed by atoms with Crippen LogP contribution < -0.4 is 0 Å². The molecular formula is C15H16N4O3. The molecule has 2 rings (SSSR count). The first-order valence-corrected chi connectivity index (χ1v) is 7.02. The highest BCUT2D eigenvalue weighted by Crippen LogP contribution is 2.26. The normalized spacial score (nSPS) is 17.0. The molecule has 1 atom stereocenters. The topological polar surface area (TPSA) is 103 Å². The number of azide groups is 1. The molecule has 0 radical (unpaired) electrons. The largest absolute Gasteiger partial charge is 0.329 e. The summed E-state index contributed by atoms with van der Waals surface area (Å²) < 4.78 is 0. The van der Waals surface area contributed by atoms with Crippen molar-refractivity contribution in [2.24, 2.45) is 5.11 Å². The van der Waals surface area contributed by atoms with Crippen LogP contribution >= 0.6 is 0 Å². The number of amides is 1. The van der Waals surface area contributed by atoms with Gasteiger partial charge in [0.2, 0.25) is 0 Å². The molecular weight excluding hydrogens is 284 g/mol. The van der Waals surface area contributed by atoms with Gasteiger partial charge in [-0.15, -0.1) is 0 Å². The Morgan fingerprint density at radius 1 is 1.36 bits per heavy atom. The predicted octanol–water partition coefficient (Wildman–Crippen LogP) is 2.78. The maximum atomic E-state index is 12.6. The molecule has 0 aromatic heterocycles. The summed E-state index contributed by atoms with van der Waals surface area (Å²) in [5.41, 5.74) is 9.07. The summed E-state index contributed by atoms with van der Waals surface area (Å²) in [6, 6.07) is 5.89. The fourth-order valence-electron chi connectivity index (χ4n) is 2.65. The van der Waals surface area contributed by atoms with Gasteiger partial charge < -0.3 is 4.90 Å². The molecule has 0 N–H and O–H groups in total. The molecule has 0 saturated carbocycles. The minimum absolute atomic E-state index is 0.160. The number of Topliss-reactive ketones (excluding diaryl/α,β-unsaturated/α-hetero) is 2. The number of hydrogen-bond acceptors (Lipinski definition) is 4. The lowest BCUT2D eigenvalue weighted by Crippen LogP contribution is -2.41. The minimum atomic E-state index is -0.574. The quantitative estimate of drug-likeness (QED) is 0.361. The van der Waals surface area contributed by atoms with Gasteiger partial charge in [0.25, 0.3) is 5.91 Å². The van der Waals surface area contributed by atoms with Crippen molar-refractivity contribution in [3.63, 3.8) is 0 Å². The molecule has 1 amide bonds. The zero-order chi connectivity index (χ0) is 16.1. The summed E-state index contributed by atoms with van der Waals surface area (Å²) in [7, 11) is 0. The second kappa shape index (κ2) is 6.87. The van der Waals surface area contributed by atoms with Gasteiger partial charge in [-0.2, -0.15) is 0 Å². The smallest absolute Gasteiger partial charge is 0.254 e. The fraction of sp³-hybridized carbons (Fsp3) is 0.400. The van der Waals surface area contributed by atoms with Crippen molar-refractivity contribution in [3.8, 4) is 0 Å². The third-order valence-electron chi connectivity index (χ3n) is 3.60. The molecule has 114 valence electrons. The lowest BCUT2D eigenvalue weighted by molar-refractivity contribution is -0.128. The van der Waals surface area contributed by atoms with E-state index in [4.69, 9.17) is 5.53 Å². The van der Waals surface area contributed by atoms with Crippen molar-refractivity contribution in [3.05, 3.63) is 40.3 Å². The molecule has 1 fully saturated rings. The Kier molecular flexibility index (Phi) is 4.91. The van der Waals surface area contributed by atoms with Gasteiger partial charge in [-0.05, 0) is 31.4 Å². The highest BCUT2D eigenvalue weighted by molar-refractivity contribution is 6.05. The summed E-state index contributed by atoms with van der Waals surface area (Å²) in [5, 5.41) is 3.51. The van der Waals surface area contributed by atoms with Crippen molar-refractivity contribution in [1.29, 1.82) is 0 Å². The number of likely N-dealkylation sites (tertiary alicyclic amines) is 1. The number of carbonyl (C=O) groups excluding carboxylic acids is 3. The Morgan fingerprint density at radius 2 is 2.09 bits per heavy atom. The first-order valence-electron chi connectivity index (χ1n) is 7.02. The van der Waals surface area contributed by atoms with E-state index in [1.165, 1.54) is 11.8 Å². The lowest BCUT2D eigenvalue weighted by Gasteiger charge is -2.24. The average molecular weight is 300 g/mol. The van der Waals surface area contributed by atoms with Gasteiger partial charge in [0.1, 0.15) is 5.78 Å². The second-order valence-corrected chi connectivity index (χ2v) is 5.21. The highest BCUT2D eigenvalue weighted by atomic mass is 16.2. The van der Waals surface area contributed by atoms with Gasteiger partial charge in [-0.1, -0.05) is 23.3 Å². The maximum absolute atomic E-state index is 12.6. The Balaban J connectivity index is 2.27. The predicted molar refractivity (Wildman–Crippen MR) is 79.6 cm³/mol. The molecule has 7 nitrogen and oxygen atoms in total. The van der Waals surface area contributed by atoms with Gasteiger partial charge >= 0.3 is 0 Å². The van der Waals surface area contributed by atoms with Gasteiger partial charge in [-0.25, -0.2) is 0 Å². The van der Waals surface area contributed by atoms with Crippen LogP contribution in [0, 0.1) is 0 Å². The molecule has 1 unspecified atom stereocenters. The first kappa shape index (κ1) is 15.7. The molecule has 1 aromatic rings. The van der Waals surface area contributed by atoms with E-state index in [-0.39, 0.29) is 35.1 Å². The number of nitrogens with zero attached hydrogens (tertiary/aromatic N) is 4. The van der Waals surface area contributed by atoms with E-state index >= 15 is 0 Å². The van der Waals surface area contributed by atoms with Crippen molar-refractivity contribution in [2.75, 3.05) is 6.54 Å². The SMILES string of the molecule is CC(=O)CC(=O)C1CCCN1C(=O)c1ccccc1N=[N+]=[N-]. The summed E-state index contributed by atoms with van der Waals surface area (Å²) >= 11 is 0. The monoisotopic (exact) mass is 300 g/mol. The third-order valence-corrected chi connectivity index (χ3v) is 3.60. The number of benzene rings is 1. The molecule has 0 spiro atoms. The van der Waals surface area contributed by atoms with Crippen molar-refractivity contribution >= 4 is 23.2 Å². The van der Waals surface area contributed by atoms with E-state index in [0.717, 1.165) is 0 Å². The minimum Gasteiger partial charge on any atom is -0.329 e. The van der Waals surface area contributed by atoms with Crippen LogP contribution in [0.5, 0.6) is 0 Å². The van der Waals surface area contributed by atoms with E-state index in [1.807, 2.05) is 0 Å². The third kappa shape index (κ3) is 3.32.